The minimum atomic E-state index is 0.0257. The number of anilines is 1. The van der Waals surface area contributed by atoms with Crippen LogP contribution >= 0.6 is 0 Å². The smallest absolute Gasteiger partial charge is 0.232 e. The zero-order valence-corrected chi connectivity index (χ0v) is 17.9. The molecule has 0 radical (unpaired) electrons. The third-order valence-electron chi connectivity index (χ3n) is 5.56. The molecule has 5 aromatic rings. The maximum Gasteiger partial charge on any atom is 0.232 e. The van der Waals surface area contributed by atoms with E-state index in [0.29, 0.717) is 5.71 Å². The van der Waals surface area contributed by atoms with Crippen molar-refractivity contribution in [3.63, 3.8) is 0 Å². The number of furan rings is 1. The first-order valence-corrected chi connectivity index (χ1v) is 10.5. The highest BCUT2D eigenvalue weighted by Gasteiger charge is 2.22. The molecule has 0 aliphatic rings. The van der Waals surface area contributed by atoms with Gasteiger partial charge in [0, 0.05) is 17.2 Å². The molecule has 0 saturated carbocycles. The number of rotatable bonds is 6. The van der Waals surface area contributed by atoms with Gasteiger partial charge in [0.05, 0.1) is 12.5 Å². The van der Waals surface area contributed by atoms with Crippen molar-refractivity contribution >= 4 is 16.9 Å². The number of benzene rings is 3. The fourth-order valence-corrected chi connectivity index (χ4v) is 3.90. The van der Waals surface area contributed by atoms with Gasteiger partial charge in [-0.25, -0.2) is 9.97 Å². The first-order valence-electron chi connectivity index (χ1n) is 10.5. The fraction of sp³-hybridized carbons (Fsp3) is 0.111. The lowest BCUT2D eigenvalue weighted by Crippen LogP contribution is -2.08. The van der Waals surface area contributed by atoms with Crippen molar-refractivity contribution in [3.8, 4) is 28.2 Å². The Bertz CT molecular complexity index is 1330. The van der Waals surface area contributed by atoms with Crippen LogP contribution in [0.15, 0.2) is 95.7 Å². The van der Waals surface area contributed by atoms with Crippen LogP contribution in [0.2, 0.25) is 0 Å². The lowest BCUT2D eigenvalue weighted by Gasteiger charge is -2.16. The SMILES string of the molecule is COc1ccc(C(C)Nc2ncnc3oc(-c4ccccc4)c(-c4ccccc4)c23)cc1. The summed E-state index contributed by atoms with van der Waals surface area (Å²) in [5.41, 5.74) is 4.73. The van der Waals surface area contributed by atoms with Crippen LogP contribution < -0.4 is 10.1 Å². The maximum atomic E-state index is 6.29. The quantitative estimate of drug-likeness (QED) is 0.329. The Morgan fingerprint density at radius 2 is 1.47 bits per heavy atom. The van der Waals surface area contributed by atoms with Gasteiger partial charge in [-0.15, -0.1) is 0 Å². The van der Waals surface area contributed by atoms with E-state index in [4.69, 9.17) is 9.15 Å². The van der Waals surface area contributed by atoms with Gasteiger partial charge in [0.2, 0.25) is 5.71 Å². The topological polar surface area (TPSA) is 60.2 Å². The summed E-state index contributed by atoms with van der Waals surface area (Å²) >= 11 is 0. The molecular formula is C27H23N3O2. The van der Waals surface area contributed by atoms with Crippen LogP contribution in [0.5, 0.6) is 5.75 Å². The molecule has 1 atom stereocenters. The van der Waals surface area contributed by atoms with Crippen LogP contribution in [0.1, 0.15) is 18.5 Å². The van der Waals surface area contributed by atoms with Gasteiger partial charge in [-0.2, -0.15) is 0 Å². The van der Waals surface area contributed by atoms with Gasteiger partial charge >= 0.3 is 0 Å². The molecule has 0 amide bonds. The molecule has 1 unspecified atom stereocenters. The number of aromatic nitrogens is 2. The van der Waals surface area contributed by atoms with Crippen molar-refractivity contribution in [1.82, 2.24) is 9.97 Å². The molecular weight excluding hydrogens is 398 g/mol. The number of methoxy groups -OCH3 is 1. The normalized spacial score (nSPS) is 11.9. The lowest BCUT2D eigenvalue weighted by molar-refractivity contribution is 0.414. The van der Waals surface area contributed by atoms with Crippen molar-refractivity contribution in [2.45, 2.75) is 13.0 Å². The molecule has 2 aromatic heterocycles. The van der Waals surface area contributed by atoms with Crippen LogP contribution in [0, 0.1) is 0 Å². The van der Waals surface area contributed by atoms with Gasteiger partial charge in [-0.3, -0.25) is 0 Å². The summed E-state index contributed by atoms with van der Waals surface area (Å²) in [5, 5.41) is 4.43. The molecule has 3 aromatic carbocycles. The van der Waals surface area contributed by atoms with E-state index < -0.39 is 0 Å². The molecule has 2 heterocycles. The Labute approximate surface area is 186 Å². The molecule has 5 rings (SSSR count). The van der Waals surface area contributed by atoms with E-state index in [1.165, 1.54) is 0 Å². The number of nitrogens with zero attached hydrogens (tertiary/aromatic N) is 2. The maximum absolute atomic E-state index is 6.29. The van der Waals surface area contributed by atoms with Gasteiger partial charge in [-0.1, -0.05) is 72.8 Å². The molecule has 0 aliphatic heterocycles. The Morgan fingerprint density at radius 3 is 2.12 bits per heavy atom. The van der Waals surface area contributed by atoms with Crippen molar-refractivity contribution in [2.75, 3.05) is 12.4 Å². The van der Waals surface area contributed by atoms with Crippen molar-refractivity contribution in [1.29, 1.82) is 0 Å². The Morgan fingerprint density at radius 1 is 0.812 bits per heavy atom. The van der Waals surface area contributed by atoms with Crippen LogP contribution in [-0.2, 0) is 0 Å². The summed E-state index contributed by atoms with van der Waals surface area (Å²) in [7, 11) is 1.67. The Balaban J connectivity index is 1.65. The van der Waals surface area contributed by atoms with E-state index in [2.05, 4.69) is 46.5 Å². The summed E-state index contributed by atoms with van der Waals surface area (Å²) in [6, 6.07) is 28.4. The second-order valence-electron chi connectivity index (χ2n) is 7.58. The lowest BCUT2D eigenvalue weighted by atomic mass is 9.99. The van der Waals surface area contributed by atoms with E-state index >= 15 is 0 Å². The first kappa shape index (κ1) is 19.8. The largest absolute Gasteiger partial charge is 0.497 e. The number of nitrogens with one attached hydrogen (secondary N) is 1. The Kier molecular flexibility index (Phi) is 5.30. The zero-order chi connectivity index (χ0) is 21.9. The summed E-state index contributed by atoms with van der Waals surface area (Å²) in [4.78, 5) is 9.03. The zero-order valence-electron chi connectivity index (χ0n) is 17.9. The predicted octanol–water partition coefficient (Wildman–Crippen LogP) is 6.74. The molecule has 0 fully saturated rings. The van der Waals surface area contributed by atoms with E-state index in [9.17, 15) is 0 Å². The van der Waals surface area contributed by atoms with Crippen LogP contribution in [0.4, 0.5) is 5.82 Å². The number of hydrogen-bond acceptors (Lipinski definition) is 5. The second-order valence-corrected chi connectivity index (χ2v) is 7.58. The molecule has 158 valence electrons. The van der Waals surface area contributed by atoms with Gasteiger partial charge in [0.15, 0.2) is 0 Å². The average molecular weight is 422 g/mol. The summed E-state index contributed by atoms with van der Waals surface area (Å²) in [5.74, 6) is 2.36. The van der Waals surface area contributed by atoms with Crippen LogP contribution in [0.25, 0.3) is 33.6 Å². The van der Waals surface area contributed by atoms with E-state index in [1.54, 1.807) is 13.4 Å². The summed E-state index contributed by atoms with van der Waals surface area (Å²) in [6.07, 6.45) is 1.54. The highest BCUT2D eigenvalue weighted by atomic mass is 16.5. The minimum absolute atomic E-state index is 0.0257. The number of fused-ring (bicyclic) bond motifs is 1. The highest BCUT2D eigenvalue weighted by molar-refractivity contribution is 6.05. The van der Waals surface area contributed by atoms with Gasteiger partial charge in [0.1, 0.15) is 23.7 Å². The molecule has 0 bridgehead atoms. The number of ether oxygens (including phenoxy) is 1. The minimum Gasteiger partial charge on any atom is -0.497 e. The predicted molar refractivity (Wildman–Crippen MR) is 128 cm³/mol. The molecule has 5 heteroatoms. The van der Waals surface area contributed by atoms with E-state index in [1.807, 2.05) is 60.7 Å². The van der Waals surface area contributed by atoms with Crippen LogP contribution in [0.3, 0.4) is 0 Å². The van der Waals surface area contributed by atoms with E-state index in [0.717, 1.165) is 45.0 Å². The molecule has 5 nitrogen and oxygen atoms in total. The molecule has 0 saturated heterocycles. The van der Waals surface area contributed by atoms with Gasteiger partial charge in [0.25, 0.3) is 0 Å². The average Bonchev–Trinajstić information content (AvgIpc) is 3.26. The van der Waals surface area contributed by atoms with Gasteiger partial charge in [-0.05, 0) is 30.2 Å². The van der Waals surface area contributed by atoms with Crippen LogP contribution in [-0.4, -0.2) is 17.1 Å². The first-order chi connectivity index (χ1) is 15.7. The highest BCUT2D eigenvalue weighted by Crippen LogP contribution is 2.43. The molecule has 0 aliphatic carbocycles. The van der Waals surface area contributed by atoms with Crippen molar-refractivity contribution in [2.24, 2.45) is 0 Å². The van der Waals surface area contributed by atoms with Crippen molar-refractivity contribution < 1.29 is 9.15 Å². The summed E-state index contributed by atoms with van der Waals surface area (Å²) in [6.45, 7) is 2.11. The second kappa shape index (κ2) is 8.55. The van der Waals surface area contributed by atoms with E-state index in [-0.39, 0.29) is 6.04 Å². The molecule has 1 N–H and O–H groups in total. The third kappa shape index (κ3) is 3.69. The Hall–Kier alpha value is -4.12. The number of hydrogen-bond donors (Lipinski definition) is 1. The fourth-order valence-electron chi connectivity index (χ4n) is 3.90. The standard InChI is InChI=1S/C27H23N3O2/c1-18(19-13-15-22(31-2)16-14-19)30-26-24-23(20-9-5-3-6-10-20)25(21-11-7-4-8-12-21)32-27(24)29-17-28-26/h3-18H,1-2H3,(H,28,29,30). The van der Waals surface area contributed by atoms with Crippen molar-refractivity contribution in [3.05, 3.63) is 96.8 Å². The molecule has 32 heavy (non-hydrogen) atoms. The molecule has 0 spiro atoms. The van der Waals surface area contributed by atoms with Gasteiger partial charge < -0.3 is 14.5 Å². The third-order valence-corrected chi connectivity index (χ3v) is 5.56. The monoisotopic (exact) mass is 421 g/mol. The summed E-state index contributed by atoms with van der Waals surface area (Å²) < 4.78 is 11.6.